The molecule has 124 valence electrons. The summed E-state index contributed by atoms with van der Waals surface area (Å²) < 4.78 is 7.53. The molecule has 5 heteroatoms. The minimum absolute atomic E-state index is 0.229. The SMILES string of the molecule is O=c1c2oc(-c3cccnc3)nc2c2ccccc2n1-c1ccccc1. The number of nitrogens with zero attached hydrogens (tertiary/aromatic N) is 3. The number of hydrogen-bond acceptors (Lipinski definition) is 4. The van der Waals surface area contributed by atoms with Gasteiger partial charge in [-0.05, 0) is 30.3 Å². The van der Waals surface area contributed by atoms with Gasteiger partial charge in [0.15, 0.2) is 0 Å². The molecule has 3 heterocycles. The van der Waals surface area contributed by atoms with Crippen molar-refractivity contribution in [2.75, 3.05) is 0 Å². The van der Waals surface area contributed by atoms with Gasteiger partial charge in [0.25, 0.3) is 0 Å². The first-order valence-electron chi connectivity index (χ1n) is 8.23. The van der Waals surface area contributed by atoms with Gasteiger partial charge >= 0.3 is 5.56 Å². The molecule has 0 radical (unpaired) electrons. The highest BCUT2D eigenvalue weighted by Crippen LogP contribution is 2.28. The maximum atomic E-state index is 13.2. The Morgan fingerprint density at radius 1 is 0.885 bits per heavy atom. The molecule has 0 fully saturated rings. The largest absolute Gasteiger partial charge is 0.430 e. The fraction of sp³-hybridized carbons (Fsp3) is 0. The van der Waals surface area contributed by atoms with Crippen LogP contribution in [0.3, 0.4) is 0 Å². The van der Waals surface area contributed by atoms with Crippen LogP contribution in [-0.4, -0.2) is 14.5 Å². The van der Waals surface area contributed by atoms with E-state index in [0.29, 0.717) is 11.4 Å². The predicted molar refractivity (Wildman–Crippen MR) is 100 cm³/mol. The van der Waals surface area contributed by atoms with E-state index >= 15 is 0 Å². The number of para-hydroxylation sites is 2. The van der Waals surface area contributed by atoms with Crippen LogP contribution < -0.4 is 5.56 Å². The van der Waals surface area contributed by atoms with Crippen LogP contribution in [0, 0.1) is 0 Å². The lowest BCUT2D eigenvalue weighted by atomic mass is 10.1. The van der Waals surface area contributed by atoms with Crippen LogP contribution in [0.4, 0.5) is 0 Å². The van der Waals surface area contributed by atoms with Crippen molar-refractivity contribution in [2.24, 2.45) is 0 Å². The molecule has 5 nitrogen and oxygen atoms in total. The Bertz CT molecular complexity index is 1290. The van der Waals surface area contributed by atoms with Crippen molar-refractivity contribution >= 4 is 22.0 Å². The molecule has 0 saturated heterocycles. The molecule has 0 aliphatic rings. The van der Waals surface area contributed by atoms with Gasteiger partial charge in [0.05, 0.1) is 11.1 Å². The van der Waals surface area contributed by atoms with E-state index < -0.39 is 0 Å². The van der Waals surface area contributed by atoms with Gasteiger partial charge in [-0.1, -0.05) is 36.4 Å². The van der Waals surface area contributed by atoms with Crippen LogP contribution in [0.15, 0.2) is 88.3 Å². The van der Waals surface area contributed by atoms with Crippen LogP contribution in [-0.2, 0) is 0 Å². The maximum absolute atomic E-state index is 13.2. The standard InChI is InChI=1S/C21H13N3O2/c25-21-19-18(23-20(26-19)14-7-6-12-22-13-14)16-10-4-5-11-17(16)24(21)15-8-2-1-3-9-15/h1-13H. The molecule has 2 aromatic carbocycles. The second kappa shape index (κ2) is 5.67. The molecule has 5 aromatic rings. The summed E-state index contributed by atoms with van der Waals surface area (Å²) in [5.41, 5.74) is 2.89. The summed E-state index contributed by atoms with van der Waals surface area (Å²) >= 11 is 0. The van der Waals surface area contributed by atoms with E-state index in [0.717, 1.165) is 22.2 Å². The van der Waals surface area contributed by atoms with Crippen molar-refractivity contribution < 1.29 is 4.42 Å². The first-order valence-corrected chi connectivity index (χ1v) is 8.23. The highest BCUT2D eigenvalue weighted by atomic mass is 16.4. The number of benzene rings is 2. The number of rotatable bonds is 2. The van der Waals surface area contributed by atoms with Crippen LogP contribution >= 0.6 is 0 Å². The third kappa shape index (κ3) is 2.14. The third-order valence-corrected chi connectivity index (χ3v) is 4.35. The molecular weight excluding hydrogens is 326 g/mol. The van der Waals surface area contributed by atoms with E-state index in [1.54, 1.807) is 17.0 Å². The minimum atomic E-state index is -0.229. The van der Waals surface area contributed by atoms with Gasteiger partial charge in [0.1, 0.15) is 5.52 Å². The van der Waals surface area contributed by atoms with E-state index in [2.05, 4.69) is 9.97 Å². The Morgan fingerprint density at radius 2 is 1.69 bits per heavy atom. The summed E-state index contributed by atoms with van der Waals surface area (Å²) in [7, 11) is 0. The van der Waals surface area contributed by atoms with Gasteiger partial charge in [-0.3, -0.25) is 14.3 Å². The van der Waals surface area contributed by atoms with Gasteiger partial charge in [0, 0.05) is 23.5 Å². The van der Waals surface area contributed by atoms with Crippen LogP contribution in [0.1, 0.15) is 0 Å². The number of oxazole rings is 1. The van der Waals surface area contributed by atoms with Crippen molar-refractivity contribution in [3.8, 4) is 17.1 Å². The highest BCUT2D eigenvalue weighted by Gasteiger charge is 2.18. The second-order valence-electron chi connectivity index (χ2n) is 5.93. The highest BCUT2D eigenvalue weighted by molar-refractivity contribution is 6.02. The van der Waals surface area contributed by atoms with E-state index in [9.17, 15) is 4.79 Å². The molecular formula is C21H13N3O2. The fourth-order valence-corrected chi connectivity index (χ4v) is 3.17. The van der Waals surface area contributed by atoms with Gasteiger partial charge in [-0.2, -0.15) is 0 Å². The smallest absolute Gasteiger partial charge is 0.300 e. The molecule has 0 aliphatic heterocycles. The molecule has 0 atom stereocenters. The molecule has 0 spiro atoms. The first kappa shape index (κ1) is 14.6. The zero-order chi connectivity index (χ0) is 17.5. The topological polar surface area (TPSA) is 60.9 Å². The zero-order valence-corrected chi connectivity index (χ0v) is 13.7. The summed E-state index contributed by atoms with van der Waals surface area (Å²) in [5.74, 6) is 0.390. The Morgan fingerprint density at radius 3 is 2.50 bits per heavy atom. The van der Waals surface area contributed by atoms with E-state index in [4.69, 9.17) is 4.42 Å². The van der Waals surface area contributed by atoms with Crippen molar-refractivity contribution in [3.05, 3.63) is 89.5 Å². The Hall–Kier alpha value is -3.73. The average molecular weight is 339 g/mol. The molecule has 0 bridgehead atoms. The van der Waals surface area contributed by atoms with Gasteiger partial charge in [-0.15, -0.1) is 0 Å². The van der Waals surface area contributed by atoms with Gasteiger partial charge in [0.2, 0.25) is 11.5 Å². The Balaban J connectivity index is 1.92. The number of pyridine rings is 2. The number of hydrogen-bond donors (Lipinski definition) is 0. The summed E-state index contributed by atoms with van der Waals surface area (Å²) in [4.78, 5) is 21.9. The zero-order valence-electron chi connectivity index (χ0n) is 13.7. The third-order valence-electron chi connectivity index (χ3n) is 4.35. The number of fused-ring (bicyclic) bond motifs is 3. The molecule has 5 rings (SSSR count). The maximum Gasteiger partial charge on any atom is 0.300 e. The fourth-order valence-electron chi connectivity index (χ4n) is 3.17. The van der Waals surface area contributed by atoms with Crippen molar-refractivity contribution in [3.63, 3.8) is 0 Å². The number of aromatic nitrogens is 3. The molecule has 3 aromatic heterocycles. The van der Waals surface area contributed by atoms with Crippen LogP contribution in [0.2, 0.25) is 0 Å². The summed E-state index contributed by atoms with van der Waals surface area (Å²) in [6.07, 6.45) is 3.35. The molecule has 0 unspecified atom stereocenters. The quantitative estimate of drug-likeness (QED) is 0.484. The van der Waals surface area contributed by atoms with Gasteiger partial charge < -0.3 is 4.42 Å². The molecule has 26 heavy (non-hydrogen) atoms. The van der Waals surface area contributed by atoms with E-state index in [1.165, 1.54) is 0 Å². The monoisotopic (exact) mass is 339 g/mol. The van der Waals surface area contributed by atoms with E-state index in [-0.39, 0.29) is 11.1 Å². The van der Waals surface area contributed by atoms with Gasteiger partial charge in [-0.25, -0.2) is 4.98 Å². The lowest BCUT2D eigenvalue weighted by molar-refractivity contribution is 0.613. The molecule has 0 saturated carbocycles. The van der Waals surface area contributed by atoms with Crippen LogP contribution in [0.5, 0.6) is 0 Å². The van der Waals surface area contributed by atoms with Crippen molar-refractivity contribution in [2.45, 2.75) is 0 Å². The lowest BCUT2D eigenvalue weighted by Crippen LogP contribution is -2.18. The average Bonchev–Trinajstić information content (AvgIpc) is 3.16. The summed E-state index contributed by atoms with van der Waals surface area (Å²) in [6, 6.07) is 20.9. The van der Waals surface area contributed by atoms with E-state index in [1.807, 2.05) is 66.7 Å². The van der Waals surface area contributed by atoms with Crippen molar-refractivity contribution in [1.82, 2.24) is 14.5 Å². The first-order chi connectivity index (χ1) is 12.8. The Kier molecular flexibility index (Phi) is 3.18. The van der Waals surface area contributed by atoms with Crippen molar-refractivity contribution in [1.29, 1.82) is 0 Å². The normalized spacial score (nSPS) is 11.2. The molecule has 0 amide bonds. The minimum Gasteiger partial charge on any atom is -0.430 e. The second-order valence-corrected chi connectivity index (χ2v) is 5.93. The molecule has 0 aliphatic carbocycles. The summed E-state index contributed by atoms with van der Waals surface area (Å²) in [6.45, 7) is 0. The van der Waals surface area contributed by atoms with Crippen LogP contribution in [0.25, 0.3) is 39.1 Å². The Labute approximate surface area is 148 Å². The lowest BCUT2D eigenvalue weighted by Gasteiger charge is -2.10. The summed E-state index contributed by atoms with van der Waals surface area (Å²) in [5, 5.41) is 0.866. The molecule has 0 N–H and O–H groups in total. The predicted octanol–water partition coefficient (Wildman–Crippen LogP) is 4.19.